The summed E-state index contributed by atoms with van der Waals surface area (Å²) in [7, 11) is 0. The number of carbonyl (C=O) groups is 2. The molecule has 7 heteroatoms. The van der Waals surface area contributed by atoms with E-state index in [4.69, 9.17) is 16.7 Å². The van der Waals surface area contributed by atoms with Crippen molar-refractivity contribution in [1.29, 1.82) is 0 Å². The van der Waals surface area contributed by atoms with Gasteiger partial charge in [0.15, 0.2) is 5.69 Å². The molecule has 2 heterocycles. The number of carboxylic acid groups (broad SMARTS) is 1. The normalized spacial score (nSPS) is 15.9. The van der Waals surface area contributed by atoms with Gasteiger partial charge in [-0.2, -0.15) is 0 Å². The second-order valence-corrected chi connectivity index (χ2v) is 5.06. The van der Waals surface area contributed by atoms with Crippen LogP contribution in [-0.4, -0.2) is 53.0 Å². The number of nitrogens with zero attached hydrogens (tertiary/aromatic N) is 3. The maximum Gasteiger partial charge on any atom is 0.356 e. The first kappa shape index (κ1) is 14.6. The van der Waals surface area contributed by atoms with Gasteiger partial charge in [-0.05, 0) is 18.6 Å². The lowest BCUT2D eigenvalue weighted by molar-refractivity contribution is -0.128. The largest absolute Gasteiger partial charge is 0.476 e. The number of hydrogen-bond donors (Lipinski definition) is 1. The Balaban J connectivity index is 2.17. The third kappa shape index (κ3) is 3.19. The van der Waals surface area contributed by atoms with Crippen LogP contribution in [0.2, 0.25) is 5.02 Å². The molecule has 0 aromatic carbocycles. The molecule has 20 heavy (non-hydrogen) atoms. The molecular formula is C13H16ClN3O3. The molecule has 1 aliphatic rings. The van der Waals surface area contributed by atoms with Crippen LogP contribution < -0.4 is 4.90 Å². The Morgan fingerprint density at radius 2 is 2.00 bits per heavy atom. The molecule has 2 rings (SSSR count). The highest BCUT2D eigenvalue weighted by Crippen LogP contribution is 2.20. The van der Waals surface area contributed by atoms with Gasteiger partial charge < -0.3 is 14.9 Å². The van der Waals surface area contributed by atoms with Gasteiger partial charge in [-0.3, -0.25) is 4.79 Å². The van der Waals surface area contributed by atoms with Crippen LogP contribution in [-0.2, 0) is 4.79 Å². The quantitative estimate of drug-likeness (QED) is 0.895. The zero-order valence-corrected chi connectivity index (χ0v) is 11.9. The summed E-state index contributed by atoms with van der Waals surface area (Å²) in [5.74, 6) is -0.503. The van der Waals surface area contributed by atoms with Crippen molar-refractivity contribution in [3.05, 3.63) is 22.8 Å². The molecule has 1 aromatic rings. The van der Waals surface area contributed by atoms with Gasteiger partial charge in [0.25, 0.3) is 0 Å². The van der Waals surface area contributed by atoms with E-state index >= 15 is 0 Å². The average Bonchev–Trinajstić information content (AvgIpc) is 2.64. The number of carboxylic acids is 1. The summed E-state index contributed by atoms with van der Waals surface area (Å²) in [4.78, 5) is 30.3. The van der Waals surface area contributed by atoms with Gasteiger partial charge in [-0.25, -0.2) is 9.78 Å². The van der Waals surface area contributed by atoms with E-state index in [1.165, 1.54) is 0 Å². The number of amides is 1. The number of aromatic nitrogens is 1. The molecule has 1 aliphatic heterocycles. The number of rotatable bonds is 2. The first-order chi connectivity index (χ1) is 9.49. The maximum atomic E-state index is 11.4. The highest BCUT2D eigenvalue weighted by molar-refractivity contribution is 6.33. The van der Waals surface area contributed by atoms with Crippen LogP contribution in [0.3, 0.4) is 0 Å². The third-order valence-electron chi connectivity index (χ3n) is 3.30. The summed E-state index contributed by atoms with van der Waals surface area (Å²) in [5, 5.41) is 9.17. The minimum absolute atomic E-state index is 0.0575. The molecule has 0 atom stereocenters. The van der Waals surface area contributed by atoms with E-state index < -0.39 is 5.97 Å². The van der Waals surface area contributed by atoms with Crippen LogP contribution in [0, 0.1) is 0 Å². The molecule has 0 unspecified atom stereocenters. The molecule has 0 spiro atoms. The number of halogens is 1. The predicted octanol–water partition coefficient (Wildman–Crippen LogP) is 1.49. The van der Waals surface area contributed by atoms with Crippen molar-refractivity contribution in [2.45, 2.75) is 13.3 Å². The molecule has 108 valence electrons. The first-order valence-electron chi connectivity index (χ1n) is 6.39. The second kappa shape index (κ2) is 6.09. The van der Waals surface area contributed by atoms with E-state index in [1.54, 1.807) is 24.0 Å². The second-order valence-electron chi connectivity index (χ2n) is 4.65. The topological polar surface area (TPSA) is 73.7 Å². The van der Waals surface area contributed by atoms with E-state index in [9.17, 15) is 9.59 Å². The van der Waals surface area contributed by atoms with Gasteiger partial charge in [0.05, 0.1) is 5.02 Å². The van der Waals surface area contributed by atoms with Gasteiger partial charge in [0.1, 0.15) is 5.82 Å². The SMILES string of the molecule is CC(=O)N1CCCN(c2ccc(Cl)c(C(=O)O)n2)CC1. The Kier molecular flexibility index (Phi) is 4.44. The monoisotopic (exact) mass is 297 g/mol. The van der Waals surface area contributed by atoms with E-state index in [2.05, 4.69) is 4.98 Å². The Hall–Kier alpha value is -1.82. The van der Waals surface area contributed by atoms with E-state index in [0.717, 1.165) is 13.0 Å². The Morgan fingerprint density at radius 1 is 1.25 bits per heavy atom. The maximum absolute atomic E-state index is 11.4. The van der Waals surface area contributed by atoms with Crippen molar-refractivity contribution in [2.24, 2.45) is 0 Å². The molecule has 0 aliphatic carbocycles. The fourth-order valence-corrected chi connectivity index (χ4v) is 2.41. The van der Waals surface area contributed by atoms with Gasteiger partial charge in [-0.15, -0.1) is 0 Å². The van der Waals surface area contributed by atoms with Gasteiger partial charge in [-0.1, -0.05) is 11.6 Å². The average molecular weight is 298 g/mol. The summed E-state index contributed by atoms with van der Waals surface area (Å²) >= 11 is 5.81. The molecule has 0 saturated carbocycles. The predicted molar refractivity (Wildman–Crippen MR) is 75.3 cm³/mol. The van der Waals surface area contributed by atoms with Crippen molar-refractivity contribution in [3.8, 4) is 0 Å². The lowest BCUT2D eigenvalue weighted by Crippen LogP contribution is -2.34. The van der Waals surface area contributed by atoms with E-state index in [1.807, 2.05) is 4.90 Å². The third-order valence-corrected chi connectivity index (χ3v) is 3.60. The van der Waals surface area contributed by atoms with E-state index in [-0.39, 0.29) is 16.6 Å². The highest BCUT2D eigenvalue weighted by atomic mass is 35.5. The summed E-state index contributed by atoms with van der Waals surface area (Å²) in [5.41, 5.74) is -0.142. The number of aromatic carboxylic acids is 1. The smallest absolute Gasteiger partial charge is 0.356 e. The van der Waals surface area contributed by atoms with Crippen molar-refractivity contribution < 1.29 is 14.7 Å². The van der Waals surface area contributed by atoms with Crippen LogP contribution in [0.15, 0.2) is 12.1 Å². The summed E-state index contributed by atoms with van der Waals surface area (Å²) in [6.45, 7) is 4.25. The summed E-state index contributed by atoms with van der Waals surface area (Å²) in [6.07, 6.45) is 0.826. The lowest BCUT2D eigenvalue weighted by Gasteiger charge is -2.22. The fourth-order valence-electron chi connectivity index (χ4n) is 2.22. The standard InChI is InChI=1S/C13H16ClN3O3/c1-9(18)16-5-2-6-17(8-7-16)11-4-3-10(14)12(15-11)13(19)20/h3-4H,2,5-8H2,1H3,(H,19,20). The number of hydrogen-bond acceptors (Lipinski definition) is 4. The summed E-state index contributed by atoms with van der Waals surface area (Å²) in [6, 6.07) is 3.25. The minimum Gasteiger partial charge on any atom is -0.476 e. The molecule has 1 amide bonds. The van der Waals surface area contributed by atoms with Crippen LogP contribution in [0.1, 0.15) is 23.8 Å². The van der Waals surface area contributed by atoms with Gasteiger partial charge in [0.2, 0.25) is 5.91 Å². The molecule has 6 nitrogen and oxygen atoms in total. The Bertz CT molecular complexity index is 536. The number of carbonyl (C=O) groups excluding carboxylic acids is 1. The van der Waals surface area contributed by atoms with Gasteiger partial charge in [0, 0.05) is 33.1 Å². The van der Waals surface area contributed by atoms with Crippen molar-refractivity contribution in [1.82, 2.24) is 9.88 Å². The van der Waals surface area contributed by atoms with Crippen LogP contribution in [0.25, 0.3) is 0 Å². The highest BCUT2D eigenvalue weighted by Gasteiger charge is 2.19. The zero-order valence-electron chi connectivity index (χ0n) is 11.2. The van der Waals surface area contributed by atoms with Crippen LogP contribution in [0.5, 0.6) is 0 Å². The first-order valence-corrected chi connectivity index (χ1v) is 6.77. The fraction of sp³-hybridized carbons (Fsp3) is 0.462. The molecule has 1 aromatic heterocycles. The summed E-state index contributed by atoms with van der Waals surface area (Å²) < 4.78 is 0. The van der Waals surface area contributed by atoms with Crippen LogP contribution in [0.4, 0.5) is 5.82 Å². The number of pyridine rings is 1. The van der Waals surface area contributed by atoms with E-state index in [0.29, 0.717) is 25.5 Å². The Labute approximate surface area is 122 Å². The Morgan fingerprint density at radius 3 is 2.65 bits per heavy atom. The molecule has 0 radical (unpaired) electrons. The minimum atomic E-state index is -1.14. The number of anilines is 1. The molecule has 1 N–H and O–H groups in total. The molecular weight excluding hydrogens is 282 g/mol. The van der Waals surface area contributed by atoms with Crippen molar-refractivity contribution in [2.75, 3.05) is 31.1 Å². The zero-order chi connectivity index (χ0) is 14.7. The lowest BCUT2D eigenvalue weighted by atomic mass is 10.3. The van der Waals surface area contributed by atoms with Crippen molar-refractivity contribution >= 4 is 29.3 Å². The van der Waals surface area contributed by atoms with Gasteiger partial charge >= 0.3 is 5.97 Å². The molecule has 1 fully saturated rings. The molecule has 0 bridgehead atoms. The van der Waals surface area contributed by atoms with Crippen molar-refractivity contribution in [3.63, 3.8) is 0 Å². The molecule has 1 saturated heterocycles. The van der Waals surface area contributed by atoms with Crippen LogP contribution >= 0.6 is 11.6 Å².